The molecule has 7 nitrogen and oxygen atoms in total. The molecule has 13 heteroatoms. The van der Waals surface area contributed by atoms with Crippen LogP contribution in [0.4, 0.5) is 26.3 Å². The third-order valence-electron chi connectivity index (χ3n) is 9.36. The minimum atomic E-state index is -4.68. The first kappa shape index (κ1) is 44.0. The molecule has 4 rings (SSSR count). The van der Waals surface area contributed by atoms with E-state index >= 15 is 0 Å². The highest BCUT2D eigenvalue weighted by molar-refractivity contribution is 5.72. The number of esters is 1. The van der Waals surface area contributed by atoms with Crippen molar-refractivity contribution in [2.24, 2.45) is 0 Å². The Labute approximate surface area is 324 Å². The Morgan fingerprint density at radius 2 is 1.04 bits per heavy atom. The molecular formula is C43H51F6N3O4. The molecule has 0 aliphatic carbocycles. The van der Waals surface area contributed by atoms with E-state index in [9.17, 15) is 36.2 Å². The second kappa shape index (κ2) is 22.2. The van der Waals surface area contributed by atoms with Crippen LogP contribution < -0.4 is 4.74 Å². The van der Waals surface area contributed by atoms with Gasteiger partial charge in [-0.2, -0.15) is 26.3 Å². The van der Waals surface area contributed by atoms with Crippen LogP contribution in [0.1, 0.15) is 121 Å². The molecule has 0 atom stereocenters. The first-order valence-electron chi connectivity index (χ1n) is 19.6. The predicted molar refractivity (Wildman–Crippen MR) is 204 cm³/mol. The second-order valence-corrected chi connectivity index (χ2v) is 14.0. The van der Waals surface area contributed by atoms with Crippen LogP contribution >= 0.6 is 0 Å². The van der Waals surface area contributed by atoms with E-state index in [-0.39, 0.29) is 46.5 Å². The molecule has 3 aromatic carbocycles. The van der Waals surface area contributed by atoms with Crippen molar-refractivity contribution in [1.29, 1.82) is 0 Å². The molecule has 304 valence electrons. The number of alkyl halides is 6. The van der Waals surface area contributed by atoms with Gasteiger partial charge in [0.15, 0.2) is 24.1 Å². The highest BCUT2D eigenvalue weighted by Crippen LogP contribution is 2.36. The highest BCUT2D eigenvalue weighted by Gasteiger charge is 2.32. The van der Waals surface area contributed by atoms with E-state index in [4.69, 9.17) is 9.47 Å². The Hall–Kier alpha value is -4.68. The maximum Gasteiger partial charge on any atom is 0.416 e. The van der Waals surface area contributed by atoms with E-state index in [1.165, 1.54) is 107 Å². The maximum absolute atomic E-state index is 13.5. The number of hydrogen-bond acceptors (Lipinski definition) is 7. The van der Waals surface area contributed by atoms with E-state index in [0.717, 1.165) is 62.1 Å². The Balaban J connectivity index is 1.27. The number of rotatable bonds is 23. The number of hydrogen-bond donors (Lipinski definition) is 1. The summed E-state index contributed by atoms with van der Waals surface area (Å²) in [5.41, 5.74) is -2.12. The largest absolute Gasteiger partial charge is 0.507 e. The lowest BCUT2D eigenvalue weighted by Gasteiger charge is -2.13. The number of ether oxygens (including phenoxy) is 2. The quantitative estimate of drug-likeness (QED) is 0.0454. The molecule has 1 heterocycles. The Bertz CT molecular complexity index is 1740. The average molecular weight is 788 g/mol. The van der Waals surface area contributed by atoms with Crippen molar-refractivity contribution >= 4 is 5.97 Å². The van der Waals surface area contributed by atoms with Crippen LogP contribution in [0.15, 0.2) is 66.7 Å². The van der Waals surface area contributed by atoms with Crippen molar-refractivity contribution in [2.45, 2.75) is 122 Å². The van der Waals surface area contributed by atoms with Gasteiger partial charge in [-0.3, -0.25) is 0 Å². The number of halogens is 6. The van der Waals surface area contributed by atoms with Gasteiger partial charge in [0.1, 0.15) is 11.5 Å². The van der Waals surface area contributed by atoms with Crippen molar-refractivity contribution in [2.75, 3.05) is 13.2 Å². The number of phenols is 1. The summed E-state index contributed by atoms with van der Waals surface area (Å²) in [5, 5.41) is 10.9. The summed E-state index contributed by atoms with van der Waals surface area (Å²) in [6, 6.07) is 12.3. The van der Waals surface area contributed by atoms with Gasteiger partial charge >= 0.3 is 18.3 Å². The molecule has 0 amide bonds. The predicted octanol–water partition coefficient (Wildman–Crippen LogP) is 12.8. The first-order valence-corrected chi connectivity index (χ1v) is 19.6. The number of nitrogens with zero attached hydrogens (tertiary/aromatic N) is 3. The summed E-state index contributed by atoms with van der Waals surface area (Å²) >= 11 is 0. The molecule has 0 radical (unpaired) electrons. The molecule has 1 N–H and O–H groups in total. The van der Waals surface area contributed by atoms with Gasteiger partial charge in [-0.15, -0.1) is 0 Å². The van der Waals surface area contributed by atoms with Gasteiger partial charge in [0, 0.05) is 17.2 Å². The number of benzene rings is 3. The molecule has 0 aliphatic heterocycles. The van der Waals surface area contributed by atoms with Crippen LogP contribution in [-0.4, -0.2) is 39.2 Å². The lowest BCUT2D eigenvalue weighted by atomic mass is 10.0. The summed E-state index contributed by atoms with van der Waals surface area (Å²) < 4.78 is 91.8. The third kappa shape index (κ3) is 14.8. The lowest BCUT2D eigenvalue weighted by molar-refractivity contribution is -0.146. The fourth-order valence-electron chi connectivity index (χ4n) is 6.23. The van der Waals surface area contributed by atoms with Gasteiger partial charge in [-0.1, -0.05) is 128 Å². The van der Waals surface area contributed by atoms with Crippen molar-refractivity contribution in [3.63, 3.8) is 0 Å². The summed E-state index contributed by atoms with van der Waals surface area (Å²) in [4.78, 5) is 25.0. The normalized spacial score (nSPS) is 11.8. The number of aromatic nitrogens is 3. The number of phenolic OH excluding ortho intramolecular Hbond substituents is 1. The molecule has 0 spiro atoms. The van der Waals surface area contributed by atoms with Crippen LogP contribution in [0.25, 0.3) is 34.2 Å². The summed E-state index contributed by atoms with van der Waals surface area (Å²) in [6.45, 7) is 2.10. The molecule has 0 unspecified atom stereocenters. The monoisotopic (exact) mass is 787 g/mol. The van der Waals surface area contributed by atoms with Gasteiger partial charge in [-0.25, -0.2) is 19.7 Å². The van der Waals surface area contributed by atoms with E-state index in [1.54, 1.807) is 0 Å². The number of carbonyl (C=O) groups excluding carboxylic acids is 1. The minimum Gasteiger partial charge on any atom is -0.507 e. The molecule has 0 saturated carbocycles. The van der Waals surface area contributed by atoms with Crippen LogP contribution in [-0.2, 0) is 21.9 Å². The minimum absolute atomic E-state index is 0.00715. The Kier molecular flexibility index (Phi) is 17.4. The zero-order valence-corrected chi connectivity index (χ0v) is 31.9. The number of aromatic hydroxyl groups is 1. The van der Waals surface area contributed by atoms with Crippen molar-refractivity contribution in [3.05, 3.63) is 77.9 Å². The maximum atomic E-state index is 13.5. The van der Waals surface area contributed by atoms with Gasteiger partial charge in [0.05, 0.1) is 23.3 Å². The van der Waals surface area contributed by atoms with E-state index in [0.29, 0.717) is 0 Å². The molecule has 0 bridgehead atoms. The fourth-order valence-corrected chi connectivity index (χ4v) is 6.23. The molecule has 0 saturated heterocycles. The topological polar surface area (TPSA) is 94.4 Å². The van der Waals surface area contributed by atoms with Gasteiger partial charge in [0.25, 0.3) is 0 Å². The van der Waals surface area contributed by atoms with Crippen LogP contribution in [0.3, 0.4) is 0 Å². The molecule has 0 fully saturated rings. The molecule has 4 aromatic rings. The third-order valence-corrected chi connectivity index (χ3v) is 9.36. The Morgan fingerprint density at radius 1 is 0.589 bits per heavy atom. The van der Waals surface area contributed by atoms with E-state index < -0.39 is 41.8 Å². The van der Waals surface area contributed by atoms with Crippen LogP contribution in [0.5, 0.6) is 11.5 Å². The van der Waals surface area contributed by atoms with E-state index in [2.05, 4.69) is 21.9 Å². The summed E-state index contributed by atoms with van der Waals surface area (Å²) in [7, 11) is 0. The standard InChI is InChI=1S/C43H51F6N3O4/c1-2-3-4-5-6-7-8-9-10-11-12-13-14-15-16-17-26-55-38(54)30-56-35-24-25-36(37(53)29-35)41-51-39(31-20-18-22-33(27-31)42(44,45)46)50-40(52-41)32-21-19-23-34(28-32)43(47,48)49/h18-25,27-29,53H,2-17,26,30H2,1H3. The zero-order chi connectivity index (χ0) is 40.4. The Morgan fingerprint density at radius 3 is 1.48 bits per heavy atom. The number of carbonyl (C=O) groups is 1. The second-order valence-electron chi connectivity index (χ2n) is 14.0. The smallest absolute Gasteiger partial charge is 0.416 e. The lowest BCUT2D eigenvalue weighted by Crippen LogP contribution is -2.15. The van der Waals surface area contributed by atoms with Crippen LogP contribution in [0, 0.1) is 0 Å². The van der Waals surface area contributed by atoms with Crippen molar-refractivity contribution < 1.29 is 45.7 Å². The van der Waals surface area contributed by atoms with Gasteiger partial charge in [-0.05, 0) is 42.8 Å². The molecule has 0 aliphatic rings. The molecular weight excluding hydrogens is 736 g/mol. The highest BCUT2D eigenvalue weighted by atomic mass is 19.4. The number of unbranched alkanes of at least 4 members (excludes halogenated alkanes) is 15. The van der Waals surface area contributed by atoms with Crippen molar-refractivity contribution in [1.82, 2.24) is 15.0 Å². The first-order chi connectivity index (χ1) is 26.8. The van der Waals surface area contributed by atoms with Crippen LogP contribution in [0.2, 0.25) is 0 Å². The van der Waals surface area contributed by atoms with E-state index in [1.807, 2.05) is 0 Å². The van der Waals surface area contributed by atoms with Gasteiger partial charge in [0.2, 0.25) is 0 Å². The SMILES string of the molecule is CCCCCCCCCCCCCCCCCCOC(=O)COc1ccc(-c2nc(-c3cccc(C(F)(F)F)c3)nc(-c3cccc(C(F)(F)F)c3)n2)c(O)c1. The van der Waals surface area contributed by atoms with Crippen molar-refractivity contribution in [3.8, 4) is 45.7 Å². The fraction of sp³-hybridized carbons (Fsp3) is 0.488. The van der Waals surface area contributed by atoms with Gasteiger partial charge < -0.3 is 14.6 Å². The zero-order valence-electron chi connectivity index (χ0n) is 31.9. The summed E-state index contributed by atoms with van der Waals surface area (Å²) in [5.74, 6) is -1.64. The summed E-state index contributed by atoms with van der Waals surface area (Å²) in [6.07, 6.45) is 10.5. The molecule has 56 heavy (non-hydrogen) atoms. The average Bonchev–Trinajstić information content (AvgIpc) is 3.17. The molecule has 1 aromatic heterocycles.